The molecule has 0 saturated heterocycles. The van der Waals surface area contributed by atoms with Gasteiger partial charge in [0.1, 0.15) is 5.75 Å². The zero-order chi connectivity index (χ0) is 14.4. The molecule has 0 unspecified atom stereocenters. The first-order valence-electron chi connectivity index (χ1n) is 5.86. The first-order chi connectivity index (χ1) is 9.65. The number of carbonyl (C=O) groups is 1. The zero-order valence-corrected chi connectivity index (χ0v) is 11.3. The van der Waals surface area contributed by atoms with Gasteiger partial charge in [0.25, 0.3) is 5.69 Å². The molecule has 0 radical (unpaired) electrons. The van der Waals surface area contributed by atoms with E-state index in [9.17, 15) is 14.9 Å². The predicted octanol–water partition coefficient (Wildman–Crippen LogP) is 2.99. The number of ether oxygens (including phenoxy) is 1. The molecular formula is C13H12N2O4S. The van der Waals surface area contributed by atoms with Crippen molar-refractivity contribution in [2.75, 3.05) is 6.54 Å². The van der Waals surface area contributed by atoms with E-state index in [1.165, 1.54) is 24.3 Å². The standard InChI is InChI=1S/C13H12N2O4S/c16-13(14-7-5-10-6-8-20-9-10)19-12-3-1-11(2-4-12)15(17)18/h1-4,6,8-9H,5,7H2,(H,14,16). The molecule has 0 aliphatic carbocycles. The van der Waals surface area contributed by atoms with Crippen molar-refractivity contribution in [2.24, 2.45) is 0 Å². The van der Waals surface area contributed by atoms with E-state index in [0.717, 1.165) is 12.0 Å². The highest BCUT2D eigenvalue weighted by atomic mass is 32.1. The third kappa shape index (κ3) is 4.06. The third-order valence-electron chi connectivity index (χ3n) is 2.52. The summed E-state index contributed by atoms with van der Waals surface area (Å²) in [4.78, 5) is 21.5. The number of nitro groups is 1. The second kappa shape index (κ2) is 6.67. The number of thiophene rings is 1. The van der Waals surface area contributed by atoms with E-state index in [1.54, 1.807) is 11.3 Å². The van der Waals surface area contributed by atoms with E-state index in [2.05, 4.69) is 5.32 Å². The fourth-order valence-electron chi connectivity index (χ4n) is 1.52. The summed E-state index contributed by atoms with van der Waals surface area (Å²) in [6, 6.07) is 7.34. The molecule has 6 nitrogen and oxygen atoms in total. The Kier molecular flexibility index (Phi) is 4.67. The van der Waals surface area contributed by atoms with Crippen molar-refractivity contribution in [3.05, 3.63) is 56.8 Å². The minimum Gasteiger partial charge on any atom is -0.410 e. The molecule has 0 aliphatic rings. The highest BCUT2D eigenvalue weighted by Crippen LogP contribution is 2.17. The summed E-state index contributed by atoms with van der Waals surface area (Å²) in [7, 11) is 0. The first-order valence-corrected chi connectivity index (χ1v) is 6.80. The summed E-state index contributed by atoms with van der Waals surface area (Å²) >= 11 is 1.61. The summed E-state index contributed by atoms with van der Waals surface area (Å²) in [5, 5.41) is 17.1. The van der Waals surface area contributed by atoms with Crippen molar-refractivity contribution in [2.45, 2.75) is 6.42 Å². The molecule has 0 spiro atoms. The Bertz CT molecular complexity index is 581. The molecule has 104 valence electrons. The van der Waals surface area contributed by atoms with Crippen molar-refractivity contribution in [3.63, 3.8) is 0 Å². The number of amides is 1. The zero-order valence-electron chi connectivity index (χ0n) is 10.4. The fraction of sp³-hybridized carbons (Fsp3) is 0.154. The molecule has 20 heavy (non-hydrogen) atoms. The van der Waals surface area contributed by atoms with Gasteiger partial charge in [-0.3, -0.25) is 10.1 Å². The quantitative estimate of drug-likeness (QED) is 0.678. The maximum absolute atomic E-state index is 11.5. The molecule has 2 aromatic rings. The second-order valence-corrected chi connectivity index (χ2v) is 4.73. The normalized spacial score (nSPS) is 10.0. The number of benzene rings is 1. The largest absolute Gasteiger partial charge is 0.412 e. The average molecular weight is 292 g/mol. The van der Waals surface area contributed by atoms with Gasteiger partial charge in [-0.25, -0.2) is 4.79 Å². The SMILES string of the molecule is O=C(NCCc1ccsc1)Oc1ccc([N+](=O)[O-])cc1. The molecule has 0 aliphatic heterocycles. The molecule has 1 N–H and O–H groups in total. The average Bonchev–Trinajstić information content (AvgIpc) is 2.92. The Labute approximate surface area is 119 Å². The Hall–Kier alpha value is -2.41. The van der Waals surface area contributed by atoms with Crippen molar-refractivity contribution < 1.29 is 14.5 Å². The highest BCUT2D eigenvalue weighted by molar-refractivity contribution is 7.07. The first kappa shape index (κ1) is 14.0. The van der Waals surface area contributed by atoms with Crippen LogP contribution in [0.3, 0.4) is 0 Å². The molecule has 1 aromatic heterocycles. The van der Waals surface area contributed by atoms with Crippen LogP contribution in [0.4, 0.5) is 10.5 Å². The lowest BCUT2D eigenvalue weighted by atomic mass is 10.2. The topological polar surface area (TPSA) is 81.5 Å². The van der Waals surface area contributed by atoms with Crippen molar-refractivity contribution >= 4 is 23.1 Å². The second-order valence-electron chi connectivity index (χ2n) is 3.95. The van der Waals surface area contributed by atoms with Crippen LogP contribution in [0, 0.1) is 10.1 Å². The van der Waals surface area contributed by atoms with Crippen LogP contribution in [0.1, 0.15) is 5.56 Å². The van der Waals surface area contributed by atoms with E-state index in [-0.39, 0.29) is 11.4 Å². The molecule has 0 bridgehead atoms. The number of rotatable bonds is 5. The van der Waals surface area contributed by atoms with Gasteiger partial charge < -0.3 is 10.1 Å². The number of carbonyl (C=O) groups excluding carboxylic acids is 1. The lowest BCUT2D eigenvalue weighted by Gasteiger charge is -2.05. The van der Waals surface area contributed by atoms with Gasteiger partial charge in [-0.15, -0.1) is 0 Å². The highest BCUT2D eigenvalue weighted by Gasteiger charge is 2.07. The molecule has 0 atom stereocenters. The van der Waals surface area contributed by atoms with Crippen LogP contribution < -0.4 is 10.1 Å². The van der Waals surface area contributed by atoms with Crippen LogP contribution >= 0.6 is 11.3 Å². The molecule has 2 rings (SSSR count). The van der Waals surface area contributed by atoms with Gasteiger partial charge in [0.15, 0.2) is 0 Å². The Morgan fingerprint density at radius 2 is 2.05 bits per heavy atom. The maximum Gasteiger partial charge on any atom is 0.412 e. The third-order valence-corrected chi connectivity index (χ3v) is 3.25. The van der Waals surface area contributed by atoms with Gasteiger partial charge in [0, 0.05) is 18.7 Å². The van der Waals surface area contributed by atoms with E-state index in [1.807, 2.05) is 16.8 Å². The molecule has 0 saturated carbocycles. The number of hydrogen-bond donors (Lipinski definition) is 1. The van der Waals surface area contributed by atoms with Crippen molar-refractivity contribution in [3.8, 4) is 5.75 Å². The molecule has 1 amide bonds. The van der Waals surface area contributed by atoms with E-state index >= 15 is 0 Å². The number of nitro benzene ring substituents is 1. The Balaban J connectivity index is 1.77. The summed E-state index contributed by atoms with van der Waals surface area (Å²) in [5.41, 5.74) is 1.11. The van der Waals surface area contributed by atoms with Crippen LogP contribution in [0.2, 0.25) is 0 Å². The molecular weight excluding hydrogens is 280 g/mol. The van der Waals surface area contributed by atoms with Crippen LogP contribution in [-0.4, -0.2) is 17.6 Å². The van der Waals surface area contributed by atoms with Gasteiger partial charge in [0.05, 0.1) is 4.92 Å². The summed E-state index contributed by atoms with van der Waals surface area (Å²) < 4.78 is 5.00. The number of nitrogens with zero attached hydrogens (tertiary/aromatic N) is 1. The molecule has 1 heterocycles. The molecule has 0 fully saturated rings. The van der Waals surface area contributed by atoms with Crippen LogP contribution in [-0.2, 0) is 6.42 Å². The van der Waals surface area contributed by atoms with Gasteiger partial charge >= 0.3 is 6.09 Å². The Morgan fingerprint density at radius 1 is 1.30 bits per heavy atom. The smallest absolute Gasteiger partial charge is 0.410 e. The van der Waals surface area contributed by atoms with Crippen molar-refractivity contribution in [1.29, 1.82) is 0 Å². The lowest BCUT2D eigenvalue weighted by Crippen LogP contribution is -2.28. The number of hydrogen-bond acceptors (Lipinski definition) is 5. The van der Waals surface area contributed by atoms with E-state index < -0.39 is 11.0 Å². The maximum atomic E-state index is 11.5. The van der Waals surface area contributed by atoms with Gasteiger partial charge in [0.2, 0.25) is 0 Å². The minimum atomic E-state index is -0.575. The monoisotopic (exact) mass is 292 g/mol. The van der Waals surface area contributed by atoms with Gasteiger partial charge in [-0.2, -0.15) is 11.3 Å². The lowest BCUT2D eigenvalue weighted by molar-refractivity contribution is -0.384. The van der Waals surface area contributed by atoms with Crippen LogP contribution in [0.25, 0.3) is 0 Å². The number of nitrogens with one attached hydrogen (secondary N) is 1. The summed E-state index contributed by atoms with van der Waals surface area (Å²) in [5.74, 6) is 0.267. The van der Waals surface area contributed by atoms with Crippen LogP contribution in [0.5, 0.6) is 5.75 Å². The van der Waals surface area contributed by atoms with Crippen molar-refractivity contribution in [1.82, 2.24) is 5.32 Å². The van der Waals surface area contributed by atoms with Gasteiger partial charge in [-0.05, 0) is 40.9 Å². The fourth-order valence-corrected chi connectivity index (χ4v) is 2.23. The Morgan fingerprint density at radius 3 is 2.65 bits per heavy atom. The predicted molar refractivity (Wildman–Crippen MR) is 75.1 cm³/mol. The van der Waals surface area contributed by atoms with Crippen LogP contribution in [0.15, 0.2) is 41.1 Å². The molecule has 7 heteroatoms. The molecule has 1 aromatic carbocycles. The van der Waals surface area contributed by atoms with Gasteiger partial charge in [-0.1, -0.05) is 0 Å². The van der Waals surface area contributed by atoms with E-state index in [0.29, 0.717) is 6.54 Å². The summed E-state index contributed by atoms with van der Waals surface area (Å²) in [6.45, 7) is 0.475. The summed E-state index contributed by atoms with van der Waals surface area (Å²) in [6.07, 6.45) is 0.160. The van der Waals surface area contributed by atoms with E-state index in [4.69, 9.17) is 4.74 Å². The minimum absolute atomic E-state index is 0.0461. The number of non-ortho nitro benzene ring substituents is 1.